The number of anilines is 1. The van der Waals surface area contributed by atoms with E-state index in [1.54, 1.807) is 49.4 Å². The van der Waals surface area contributed by atoms with Crippen LogP contribution in [0.15, 0.2) is 42.5 Å². The summed E-state index contributed by atoms with van der Waals surface area (Å²) in [5.41, 5.74) is 0.756. The van der Waals surface area contributed by atoms with Crippen molar-refractivity contribution >= 4 is 63.7 Å². The van der Waals surface area contributed by atoms with Crippen LogP contribution in [-0.4, -0.2) is 23.5 Å². The molecule has 0 aliphatic heterocycles. The average molecular weight is 486 g/mol. The second kappa shape index (κ2) is 10.1. The van der Waals surface area contributed by atoms with Crippen molar-refractivity contribution in [2.45, 2.75) is 13.5 Å². The third-order valence-corrected chi connectivity index (χ3v) is 5.76. The first-order valence-electron chi connectivity index (χ1n) is 8.59. The Morgan fingerprint density at radius 2 is 1.73 bits per heavy atom. The molecule has 1 aromatic heterocycles. The number of rotatable bonds is 7. The highest BCUT2D eigenvalue weighted by Gasteiger charge is 2.19. The number of benzene rings is 2. The second-order valence-corrected chi connectivity index (χ2v) is 8.32. The molecular formula is C20H15Cl3N2O4S. The Kier molecular flexibility index (Phi) is 7.55. The molecule has 1 amide bonds. The Hall–Kier alpha value is -2.32. The van der Waals surface area contributed by atoms with Crippen LogP contribution in [-0.2, 0) is 16.1 Å². The quantitative estimate of drug-likeness (QED) is 0.429. The maximum Gasteiger partial charge on any atom is 0.350 e. The van der Waals surface area contributed by atoms with Crippen LogP contribution in [0.2, 0.25) is 15.1 Å². The number of hydrogen-bond acceptors (Lipinski definition) is 6. The molecule has 30 heavy (non-hydrogen) atoms. The zero-order valence-corrected chi connectivity index (χ0v) is 18.7. The van der Waals surface area contributed by atoms with E-state index < -0.39 is 18.5 Å². The fraction of sp³-hybridized carbons (Fsp3) is 0.150. The molecule has 0 saturated carbocycles. The molecule has 0 bridgehead atoms. The summed E-state index contributed by atoms with van der Waals surface area (Å²) in [6, 6.07) is 11.7. The Balaban J connectivity index is 1.55. The van der Waals surface area contributed by atoms with Gasteiger partial charge in [-0.3, -0.25) is 4.79 Å². The molecule has 6 nitrogen and oxygen atoms in total. The number of ether oxygens (including phenoxy) is 2. The number of thiazole rings is 1. The predicted octanol–water partition coefficient (Wildman–Crippen LogP) is 5.79. The van der Waals surface area contributed by atoms with Crippen molar-refractivity contribution < 1.29 is 19.1 Å². The number of aromatic nitrogens is 1. The summed E-state index contributed by atoms with van der Waals surface area (Å²) in [4.78, 5) is 29.0. The Morgan fingerprint density at radius 1 is 1.07 bits per heavy atom. The summed E-state index contributed by atoms with van der Waals surface area (Å²) >= 11 is 19.0. The first kappa shape index (κ1) is 22.4. The second-order valence-electron chi connectivity index (χ2n) is 5.99. The van der Waals surface area contributed by atoms with Crippen LogP contribution in [0, 0.1) is 6.92 Å². The van der Waals surface area contributed by atoms with Crippen LogP contribution in [0.3, 0.4) is 0 Å². The van der Waals surface area contributed by atoms with Crippen molar-refractivity contribution in [1.29, 1.82) is 0 Å². The van der Waals surface area contributed by atoms with E-state index in [0.29, 0.717) is 26.4 Å². The highest BCUT2D eigenvalue weighted by molar-refractivity contribution is 7.13. The van der Waals surface area contributed by atoms with Gasteiger partial charge in [-0.15, -0.1) is 11.3 Å². The van der Waals surface area contributed by atoms with Crippen LogP contribution in [0.1, 0.15) is 20.4 Å². The summed E-state index contributed by atoms with van der Waals surface area (Å²) in [6.45, 7) is 1.38. The predicted molar refractivity (Wildman–Crippen MR) is 118 cm³/mol. The number of amides is 1. The van der Waals surface area contributed by atoms with Gasteiger partial charge in [0.05, 0.1) is 21.4 Å². The lowest BCUT2D eigenvalue weighted by molar-refractivity contribution is -0.119. The molecule has 0 fully saturated rings. The molecule has 10 heteroatoms. The number of hydrogen-bond donors (Lipinski definition) is 1. The molecule has 0 aliphatic rings. The first-order chi connectivity index (χ1) is 14.3. The van der Waals surface area contributed by atoms with Crippen LogP contribution in [0.25, 0.3) is 0 Å². The van der Waals surface area contributed by atoms with E-state index in [1.165, 1.54) is 0 Å². The minimum absolute atomic E-state index is 0.186. The van der Waals surface area contributed by atoms with E-state index in [1.807, 2.05) is 0 Å². The zero-order chi connectivity index (χ0) is 21.7. The van der Waals surface area contributed by atoms with Crippen LogP contribution in [0.4, 0.5) is 5.69 Å². The van der Waals surface area contributed by atoms with Crippen LogP contribution >= 0.6 is 46.1 Å². The van der Waals surface area contributed by atoms with E-state index in [0.717, 1.165) is 11.3 Å². The first-order valence-corrected chi connectivity index (χ1v) is 10.5. The van der Waals surface area contributed by atoms with Gasteiger partial charge < -0.3 is 14.8 Å². The molecule has 0 saturated heterocycles. The van der Waals surface area contributed by atoms with Crippen molar-refractivity contribution in [3.8, 4) is 5.75 Å². The van der Waals surface area contributed by atoms with Gasteiger partial charge in [-0.2, -0.15) is 0 Å². The van der Waals surface area contributed by atoms with Crippen molar-refractivity contribution in [1.82, 2.24) is 4.98 Å². The molecule has 0 radical (unpaired) electrons. The molecular weight excluding hydrogens is 471 g/mol. The summed E-state index contributed by atoms with van der Waals surface area (Å²) < 4.78 is 10.7. The summed E-state index contributed by atoms with van der Waals surface area (Å²) in [7, 11) is 0. The van der Waals surface area contributed by atoms with Gasteiger partial charge in [0.25, 0.3) is 5.91 Å². The van der Waals surface area contributed by atoms with Gasteiger partial charge in [0.2, 0.25) is 0 Å². The molecule has 0 atom stereocenters. The maximum atomic E-state index is 12.3. The lowest BCUT2D eigenvalue weighted by Gasteiger charge is -2.09. The minimum Gasteiger partial charge on any atom is -0.486 e. The van der Waals surface area contributed by atoms with Gasteiger partial charge in [0, 0.05) is 5.02 Å². The molecule has 1 N–H and O–H groups in total. The molecule has 1 heterocycles. The Labute approximate surface area is 191 Å². The number of nitrogens with zero attached hydrogens (tertiary/aromatic N) is 1. The Morgan fingerprint density at radius 3 is 2.40 bits per heavy atom. The lowest BCUT2D eigenvalue weighted by Crippen LogP contribution is -2.21. The molecule has 0 aliphatic carbocycles. The third-order valence-electron chi connectivity index (χ3n) is 3.76. The van der Waals surface area contributed by atoms with E-state index in [-0.39, 0.29) is 22.3 Å². The van der Waals surface area contributed by atoms with Crippen molar-refractivity contribution in [3.05, 3.63) is 73.1 Å². The number of aryl methyl sites for hydroxylation is 1. The number of para-hydroxylation sites is 1. The Bertz CT molecular complexity index is 1050. The molecule has 0 spiro atoms. The maximum absolute atomic E-state index is 12.3. The highest BCUT2D eigenvalue weighted by atomic mass is 35.5. The SMILES string of the molecule is Cc1nc(COc2ccc(Cl)cc2)sc1C(=O)OCC(=O)Nc1c(Cl)cccc1Cl. The summed E-state index contributed by atoms with van der Waals surface area (Å²) in [5, 5.41) is 4.30. The van der Waals surface area contributed by atoms with E-state index >= 15 is 0 Å². The van der Waals surface area contributed by atoms with E-state index in [4.69, 9.17) is 44.3 Å². The molecule has 3 aromatic rings. The molecule has 2 aromatic carbocycles. The van der Waals surface area contributed by atoms with Gasteiger partial charge >= 0.3 is 5.97 Å². The van der Waals surface area contributed by atoms with Gasteiger partial charge in [-0.05, 0) is 43.3 Å². The molecule has 3 rings (SSSR count). The number of halogens is 3. The average Bonchev–Trinajstić information content (AvgIpc) is 3.09. The summed E-state index contributed by atoms with van der Waals surface area (Å²) in [5.74, 6) is -0.582. The number of esters is 1. The normalized spacial score (nSPS) is 10.5. The van der Waals surface area contributed by atoms with Gasteiger partial charge in [-0.25, -0.2) is 9.78 Å². The standard InChI is InChI=1S/C20H15Cl3N2O4S/c1-11-19(30-17(24-11)10-28-13-7-5-12(21)6-8-13)20(27)29-9-16(26)25-18-14(22)3-2-4-15(18)23/h2-8H,9-10H2,1H3,(H,25,26). The van der Waals surface area contributed by atoms with Gasteiger partial charge in [0.1, 0.15) is 22.2 Å². The molecule has 156 valence electrons. The van der Waals surface area contributed by atoms with Crippen molar-refractivity contribution in [2.24, 2.45) is 0 Å². The highest BCUT2D eigenvalue weighted by Crippen LogP contribution is 2.29. The molecule has 0 unspecified atom stereocenters. The topological polar surface area (TPSA) is 77.5 Å². The third kappa shape index (κ3) is 5.86. The number of nitrogens with one attached hydrogen (secondary N) is 1. The number of carbonyl (C=O) groups is 2. The summed E-state index contributed by atoms with van der Waals surface area (Å²) in [6.07, 6.45) is 0. The smallest absolute Gasteiger partial charge is 0.350 e. The van der Waals surface area contributed by atoms with E-state index in [9.17, 15) is 9.59 Å². The van der Waals surface area contributed by atoms with Gasteiger partial charge in [-0.1, -0.05) is 40.9 Å². The van der Waals surface area contributed by atoms with Crippen LogP contribution in [0.5, 0.6) is 5.75 Å². The minimum atomic E-state index is -0.650. The van der Waals surface area contributed by atoms with Crippen molar-refractivity contribution in [2.75, 3.05) is 11.9 Å². The van der Waals surface area contributed by atoms with Gasteiger partial charge in [0.15, 0.2) is 6.61 Å². The fourth-order valence-electron chi connectivity index (χ4n) is 2.37. The van der Waals surface area contributed by atoms with E-state index in [2.05, 4.69) is 10.3 Å². The largest absolute Gasteiger partial charge is 0.486 e. The monoisotopic (exact) mass is 484 g/mol. The van der Waals surface area contributed by atoms with Crippen molar-refractivity contribution in [3.63, 3.8) is 0 Å². The lowest BCUT2D eigenvalue weighted by atomic mass is 10.3. The van der Waals surface area contributed by atoms with Crippen LogP contribution < -0.4 is 10.1 Å². The number of carbonyl (C=O) groups excluding carboxylic acids is 2. The fourth-order valence-corrected chi connectivity index (χ4v) is 3.86. The zero-order valence-electron chi connectivity index (χ0n) is 15.6.